The van der Waals surface area contributed by atoms with Crippen LogP contribution < -0.4 is 10.2 Å². The lowest BCUT2D eigenvalue weighted by Crippen LogP contribution is -2.36. The minimum atomic E-state index is -0.379. The summed E-state index contributed by atoms with van der Waals surface area (Å²) in [4.78, 5) is 32.2. The molecule has 0 spiro atoms. The third-order valence-electron chi connectivity index (χ3n) is 6.29. The number of carbonyl (C=O) groups is 2. The van der Waals surface area contributed by atoms with Crippen LogP contribution in [0.25, 0.3) is 0 Å². The van der Waals surface area contributed by atoms with E-state index in [0.29, 0.717) is 6.54 Å². The van der Waals surface area contributed by atoms with Crippen LogP contribution in [0.4, 0.5) is 5.69 Å². The predicted molar refractivity (Wildman–Crippen MR) is 120 cm³/mol. The molecule has 0 bridgehead atoms. The highest BCUT2D eigenvalue weighted by Gasteiger charge is 2.36. The molecule has 2 aliphatic rings. The molecular weight excluding hydrogens is 386 g/mol. The van der Waals surface area contributed by atoms with E-state index in [1.807, 2.05) is 54.6 Å². The second-order valence-corrected chi connectivity index (χ2v) is 8.32. The molecule has 2 unspecified atom stereocenters. The SMILES string of the molecule is O=C(NC(c1ccccc1)c1ccccn1)C1CC(=O)N(c2ccc3c(c2)CCC3)C1. The summed E-state index contributed by atoms with van der Waals surface area (Å²) in [6, 6.07) is 21.4. The van der Waals surface area contributed by atoms with Crippen LogP contribution in [0.2, 0.25) is 0 Å². The lowest BCUT2D eigenvalue weighted by molar-refractivity contribution is -0.126. The van der Waals surface area contributed by atoms with Gasteiger partial charge in [0.25, 0.3) is 0 Å². The molecule has 5 heteroatoms. The number of pyridine rings is 1. The normalized spacial score (nSPS) is 18.6. The van der Waals surface area contributed by atoms with E-state index in [9.17, 15) is 9.59 Å². The minimum Gasteiger partial charge on any atom is -0.343 e. The maximum Gasteiger partial charge on any atom is 0.227 e. The number of hydrogen-bond acceptors (Lipinski definition) is 3. The Morgan fingerprint density at radius 2 is 1.81 bits per heavy atom. The van der Waals surface area contributed by atoms with E-state index in [0.717, 1.165) is 29.8 Å². The molecule has 0 saturated carbocycles. The Labute approximate surface area is 182 Å². The minimum absolute atomic E-state index is 0.00666. The first-order valence-electron chi connectivity index (χ1n) is 10.9. The number of nitrogens with zero attached hydrogens (tertiary/aromatic N) is 2. The number of benzene rings is 2. The highest BCUT2D eigenvalue weighted by molar-refractivity contribution is 6.00. The molecule has 1 aliphatic heterocycles. The molecule has 2 amide bonds. The highest BCUT2D eigenvalue weighted by Crippen LogP contribution is 2.31. The van der Waals surface area contributed by atoms with E-state index in [1.165, 1.54) is 17.5 Å². The second-order valence-electron chi connectivity index (χ2n) is 8.32. The first kappa shape index (κ1) is 19.5. The quantitative estimate of drug-likeness (QED) is 0.694. The van der Waals surface area contributed by atoms with Crippen molar-refractivity contribution in [2.24, 2.45) is 5.92 Å². The average Bonchev–Trinajstić information content (AvgIpc) is 3.44. The van der Waals surface area contributed by atoms with Crippen LogP contribution in [0, 0.1) is 5.92 Å². The van der Waals surface area contributed by atoms with Gasteiger partial charge in [0.05, 0.1) is 17.7 Å². The molecule has 5 rings (SSSR count). The summed E-state index contributed by atoms with van der Waals surface area (Å²) >= 11 is 0. The summed E-state index contributed by atoms with van der Waals surface area (Å²) < 4.78 is 0. The number of amides is 2. The first-order chi connectivity index (χ1) is 15.2. The van der Waals surface area contributed by atoms with E-state index < -0.39 is 0 Å². The fraction of sp³-hybridized carbons (Fsp3) is 0.269. The molecule has 3 aromatic rings. The molecule has 1 aromatic heterocycles. The molecule has 2 aromatic carbocycles. The van der Waals surface area contributed by atoms with Crippen molar-refractivity contribution < 1.29 is 9.59 Å². The van der Waals surface area contributed by atoms with Gasteiger partial charge in [-0.3, -0.25) is 14.6 Å². The number of fused-ring (bicyclic) bond motifs is 1. The van der Waals surface area contributed by atoms with Gasteiger partial charge in [0, 0.05) is 24.8 Å². The van der Waals surface area contributed by atoms with Crippen LogP contribution in [0.15, 0.2) is 72.9 Å². The molecule has 5 nitrogen and oxygen atoms in total. The molecular formula is C26H25N3O2. The van der Waals surface area contributed by atoms with Gasteiger partial charge in [0.2, 0.25) is 11.8 Å². The monoisotopic (exact) mass is 411 g/mol. The summed E-state index contributed by atoms with van der Waals surface area (Å²) in [5.41, 5.74) is 5.37. The molecule has 1 N–H and O–H groups in total. The number of anilines is 1. The zero-order valence-corrected chi connectivity index (χ0v) is 17.3. The molecule has 2 heterocycles. The smallest absolute Gasteiger partial charge is 0.227 e. The number of hydrogen-bond donors (Lipinski definition) is 1. The van der Waals surface area contributed by atoms with E-state index in [2.05, 4.69) is 22.4 Å². The van der Waals surface area contributed by atoms with E-state index >= 15 is 0 Å². The van der Waals surface area contributed by atoms with Gasteiger partial charge in [-0.15, -0.1) is 0 Å². The van der Waals surface area contributed by atoms with Crippen molar-refractivity contribution >= 4 is 17.5 Å². The third-order valence-corrected chi connectivity index (χ3v) is 6.29. The Balaban J connectivity index is 1.34. The van der Waals surface area contributed by atoms with E-state index in [-0.39, 0.29) is 30.2 Å². The summed E-state index contributed by atoms with van der Waals surface area (Å²) in [5, 5.41) is 3.15. The van der Waals surface area contributed by atoms with Crippen LogP contribution in [0.1, 0.15) is 41.3 Å². The van der Waals surface area contributed by atoms with Crippen LogP contribution in [-0.2, 0) is 22.4 Å². The predicted octanol–water partition coefficient (Wildman–Crippen LogP) is 3.83. The van der Waals surface area contributed by atoms with E-state index in [1.54, 1.807) is 11.1 Å². The summed E-state index contributed by atoms with van der Waals surface area (Å²) in [5.74, 6) is -0.487. The highest BCUT2D eigenvalue weighted by atomic mass is 16.2. The van der Waals surface area contributed by atoms with Crippen molar-refractivity contribution in [2.45, 2.75) is 31.7 Å². The molecule has 156 valence electrons. The van der Waals surface area contributed by atoms with Gasteiger partial charge >= 0.3 is 0 Å². The summed E-state index contributed by atoms with van der Waals surface area (Å²) in [6.45, 7) is 0.410. The van der Waals surface area contributed by atoms with Gasteiger partial charge in [-0.2, -0.15) is 0 Å². The van der Waals surface area contributed by atoms with Crippen LogP contribution in [0.3, 0.4) is 0 Å². The van der Waals surface area contributed by atoms with Gasteiger partial charge in [0.1, 0.15) is 0 Å². The molecule has 2 atom stereocenters. The molecule has 1 aliphatic carbocycles. The average molecular weight is 412 g/mol. The van der Waals surface area contributed by atoms with Gasteiger partial charge in [0.15, 0.2) is 0 Å². The number of rotatable bonds is 5. The maximum absolute atomic E-state index is 13.2. The Kier molecular flexibility index (Phi) is 5.24. The van der Waals surface area contributed by atoms with Gasteiger partial charge in [-0.25, -0.2) is 0 Å². The number of carbonyl (C=O) groups excluding carboxylic acids is 2. The van der Waals surface area contributed by atoms with Crippen LogP contribution in [-0.4, -0.2) is 23.3 Å². The number of aromatic nitrogens is 1. The third kappa shape index (κ3) is 3.96. The fourth-order valence-corrected chi connectivity index (χ4v) is 4.64. The lowest BCUT2D eigenvalue weighted by Gasteiger charge is -2.21. The van der Waals surface area contributed by atoms with Crippen molar-refractivity contribution in [1.82, 2.24) is 10.3 Å². The van der Waals surface area contributed by atoms with Crippen LogP contribution in [0.5, 0.6) is 0 Å². The topological polar surface area (TPSA) is 62.3 Å². The second kappa shape index (κ2) is 8.34. The Morgan fingerprint density at radius 3 is 2.61 bits per heavy atom. The largest absolute Gasteiger partial charge is 0.343 e. The van der Waals surface area contributed by atoms with Crippen molar-refractivity contribution in [3.63, 3.8) is 0 Å². The number of aryl methyl sites for hydroxylation is 2. The standard InChI is InChI=1S/C26H25N3O2/c30-24-16-21(17-29(24)22-13-12-18-9-6-10-20(18)15-22)26(31)28-25(19-7-2-1-3-8-19)23-11-4-5-14-27-23/h1-5,7-8,11-15,21,25H,6,9-10,16-17H2,(H,28,31). The Bertz CT molecular complexity index is 1060. The molecule has 1 saturated heterocycles. The number of nitrogens with one attached hydrogen (secondary N) is 1. The van der Waals surface area contributed by atoms with Gasteiger partial charge in [-0.05, 0) is 60.2 Å². The first-order valence-corrected chi connectivity index (χ1v) is 10.9. The summed E-state index contributed by atoms with van der Waals surface area (Å²) in [6.07, 6.45) is 5.31. The Morgan fingerprint density at radius 1 is 1.00 bits per heavy atom. The van der Waals surface area contributed by atoms with Crippen LogP contribution >= 0.6 is 0 Å². The van der Waals surface area contributed by atoms with Gasteiger partial charge in [-0.1, -0.05) is 42.5 Å². The zero-order valence-electron chi connectivity index (χ0n) is 17.3. The molecule has 31 heavy (non-hydrogen) atoms. The molecule has 1 fully saturated rings. The van der Waals surface area contributed by atoms with Crippen molar-refractivity contribution in [1.29, 1.82) is 0 Å². The van der Waals surface area contributed by atoms with Gasteiger partial charge < -0.3 is 10.2 Å². The fourth-order valence-electron chi connectivity index (χ4n) is 4.64. The Hall–Kier alpha value is -3.47. The molecule has 0 radical (unpaired) electrons. The van der Waals surface area contributed by atoms with Crippen molar-refractivity contribution in [3.05, 3.63) is 95.3 Å². The van der Waals surface area contributed by atoms with Crippen molar-refractivity contribution in [3.8, 4) is 0 Å². The van der Waals surface area contributed by atoms with E-state index in [4.69, 9.17) is 0 Å². The summed E-state index contributed by atoms with van der Waals surface area (Å²) in [7, 11) is 0. The maximum atomic E-state index is 13.2. The zero-order chi connectivity index (χ0) is 21.2. The van der Waals surface area contributed by atoms with Crippen molar-refractivity contribution in [2.75, 3.05) is 11.4 Å². The lowest BCUT2D eigenvalue weighted by atomic mass is 10.0.